The number of carbonyl (C=O) groups is 1. The second kappa shape index (κ2) is 5.54. The minimum Gasteiger partial charge on any atom is -0.410 e. The minimum absolute atomic E-state index is 0.648. The van der Waals surface area contributed by atoms with Crippen molar-refractivity contribution in [3.8, 4) is 5.75 Å². The lowest BCUT2D eigenvalue weighted by Crippen LogP contribution is -2.18. The fraction of sp³-hybridized carbons (Fsp3) is 0.462. The molecule has 0 aromatic heterocycles. The van der Waals surface area contributed by atoms with Crippen molar-refractivity contribution < 1.29 is 9.53 Å². The van der Waals surface area contributed by atoms with Crippen LogP contribution in [0.3, 0.4) is 0 Å². The molecule has 0 aliphatic heterocycles. The van der Waals surface area contributed by atoms with Crippen LogP contribution in [0.15, 0.2) is 12.1 Å². The molecule has 16 heavy (non-hydrogen) atoms. The molecule has 3 nitrogen and oxygen atoms in total. The highest BCUT2D eigenvalue weighted by Gasteiger charge is 2.11. The van der Waals surface area contributed by atoms with Gasteiger partial charge in [-0.2, -0.15) is 0 Å². The first-order valence-electron chi connectivity index (χ1n) is 5.74. The maximum absolute atomic E-state index is 10.9. The summed E-state index contributed by atoms with van der Waals surface area (Å²) < 4.78 is 5.10. The highest BCUT2D eigenvalue weighted by molar-refractivity contribution is 5.69. The Morgan fingerprint density at radius 3 is 1.94 bits per heavy atom. The topological polar surface area (TPSA) is 52.3 Å². The molecular formula is C13H19NO2. The number of nitrogens with two attached hydrogens (primary N) is 1. The number of ether oxygens (including phenoxy) is 1. The molecule has 2 N–H and O–H groups in total. The smallest absolute Gasteiger partial charge is 0.409 e. The molecule has 0 saturated heterocycles. The molecule has 3 heteroatoms. The summed E-state index contributed by atoms with van der Waals surface area (Å²) in [6.07, 6.45) is 1.91. The predicted molar refractivity (Wildman–Crippen MR) is 64.8 cm³/mol. The van der Waals surface area contributed by atoms with Crippen LogP contribution in [0.25, 0.3) is 0 Å². The molecular weight excluding hydrogens is 202 g/mol. The van der Waals surface area contributed by atoms with Crippen molar-refractivity contribution in [2.45, 2.75) is 40.0 Å². The molecule has 0 radical (unpaired) electrons. The molecule has 1 aromatic carbocycles. The molecule has 0 fully saturated rings. The van der Waals surface area contributed by atoms with E-state index in [9.17, 15) is 4.79 Å². The first-order chi connectivity index (χ1) is 7.62. The van der Waals surface area contributed by atoms with Gasteiger partial charge in [0.05, 0.1) is 0 Å². The van der Waals surface area contributed by atoms with Crippen LogP contribution in [0.2, 0.25) is 0 Å². The van der Waals surface area contributed by atoms with E-state index in [1.165, 1.54) is 5.56 Å². The van der Waals surface area contributed by atoms with Gasteiger partial charge in [0, 0.05) is 0 Å². The first kappa shape index (κ1) is 12.6. The van der Waals surface area contributed by atoms with E-state index in [0.29, 0.717) is 5.75 Å². The average molecular weight is 221 g/mol. The molecule has 1 rings (SSSR count). The van der Waals surface area contributed by atoms with E-state index in [1.807, 2.05) is 13.8 Å². The zero-order chi connectivity index (χ0) is 12.1. The summed E-state index contributed by atoms with van der Waals surface area (Å²) in [5.41, 5.74) is 8.45. The molecule has 88 valence electrons. The van der Waals surface area contributed by atoms with E-state index in [0.717, 1.165) is 30.4 Å². The Labute approximate surface area is 96.6 Å². The lowest BCUT2D eigenvalue weighted by molar-refractivity contribution is 0.210. The fourth-order valence-electron chi connectivity index (χ4n) is 1.79. The van der Waals surface area contributed by atoms with E-state index in [2.05, 4.69) is 19.1 Å². The number of rotatable bonds is 4. The normalized spacial score (nSPS) is 10.2. The number of hydrogen-bond donors (Lipinski definition) is 1. The van der Waals surface area contributed by atoms with Crippen molar-refractivity contribution in [1.82, 2.24) is 0 Å². The van der Waals surface area contributed by atoms with Crippen LogP contribution in [-0.2, 0) is 19.3 Å². The van der Waals surface area contributed by atoms with Gasteiger partial charge in [-0.05, 0) is 36.0 Å². The van der Waals surface area contributed by atoms with Crippen molar-refractivity contribution in [2.75, 3.05) is 0 Å². The molecule has 0 bridgehead atoms. The Bertz CT molecular complexity index is 361. The van der Waals surface area contributed by atoms with E-state index in [-0.39, 0.29) is 0 Å². The lowest BCUT2D eigenvalue weighted by atomic mass is 9.99. The van der Waals surface area contributed by atoms with Gasteiger partial charge in [0.1, 0.15) is 5.75 Å². The van der Waals surface area contributed by atoms with Crippen LogP contribution >= 0.6 is 0 Å². The molecule has 1 aromatic rings. The van der Waals surface area contributed by atoms with Gasteiger partial charge in [0.25, 0.3) is 0 Å². The largest absolute Gasteiger partial charge is 0.410 e. The number of amides is 1. The molecule has 0 unspecified atom stereocenters. The molecule has 0 atom stereocenters. The van der Waals surface area contributed by atoms with Gasteiger partial charge in [-0.1, -0.05) is 32.9 Å². The average Bonchev–Trinajstić information content (AvgIpc) is 2.28. The zero-order valence-corrected chi connectivity index (χ0v) is 10.2. The van der Waals surface area contributed by atoms with Gasteiger partial charge in [0.15, 0.2) is 0 Å². The fourth-order valence-corrected chi connectivity index (χ4v) is 1.79. The van der Waals surface area contributed by atoms with Gasteiger partial charge in [-0.3, -0.25) is 0 Å². The molecule has 0 spiro atoms. The van der Waals surface area contributed by atoms with E-state index in [1.54, 1.807) is 0 Å². The Balaban J connectivity index is 3.25. The van der Waals surface area contributed by atoms with E-state index < -0.39 is 6.09 Å². The van der Waals surface area contributed by atoms with Gasteiger partial charge >= 0.3 is 6.09 Å². The van der Waals surface area contributed by atoms with Crippen LogP contribution in [0.5, 0.6) is 5.75 Å². The second-order valence-electron chi connectivity index (χ2n) is 3.72. The summed E-state index contributed by atoms with van der Waals surface area (Å²) in [5, 5.41) is 0. The Hall–Kier alpha value is -1.51. The maximum Gasteiger partial charge on any atom is 0.409 e. The van der Waals surface area contributed by atoms with Crippen LogP contribution < -0.4 is 10.5 Å². The predicted octanol–water partition coefficient (Wildman–Crippen LogP) is 2.83. The molecule has 0 heterocycles. The van der Waals surface area contributed by atoms with E-state index in [4.69, 9.17) is 10.5 Å². The summed E-state index contributed by atoms with van der Waals surface area (Å²) in [5.74, 6) is 0.648. The monoisotopic (exact) mass is 221 g/mol. The highest BCUT2D eigenvalue weighted by Crippen LogP contribution is 2.27. The third-order valence-corrected chi connectivity index (χ3v) is 2.68. The Kier molecular flexibility index (Phi) is 4.35. The Morgan fingerprint density at radius 2 is 1.62 bits per heavy atom. The van der Waals surface area contributed by atoms with Gasteiger partial charge in [-0.15, -0.1) is 0 Å². The number of aryl methyl sites for hydroxylation is 3. The van der Waals surface area contributed by atoms with Crippen molar-refractivity contribution in [1.29, 1.82) is 0 Å². The third kappa shape index (κ3) is 2.75. The van der Waals surface area contributed by atoms with Crippen molar-refractivity contribution in [3.05, 3.63) is 28.8 Å². The number of benzene rings is 1. The zero-order valence-electron chi connectivity index (χ0n) is 10.2. The van der Waals surface area contributed by atoms with Crippen molar-refractivity contribution >= 4 is 6.09 Å². The summed E-state index contributed by atoms with van der Waals surface area (Å²) in [7, 11) is 0. The van der Waals surface area contributed by atoms with Crippen LogP contribution in [-0.4, -0.2) is 6.09 Å². The summed E-state index contributed by atoms with van der Waals surface area (Å²) in [6, 6.07) is 4.16. The minimum atomic E-state index is -0.742. The SMILES string of the molecule is CCc1cc(CC)c(OC(N)=O)c(CC)c1. The van der Waals surface area contributed by atoms with Gasteiger partial charge < -0.3 is 10.5 Å². The molecule has 0 saturated carbocycles. The molecule has 1 amide bonds. The standard InChI is InChI=1S/C13H19NO2/c1-4-9-7-10(5-2)12(16-13(14)15)11(6-3)8-9/h7-8H,4-6H2,1-3H3,(H2,14,15). The molecule has 0 aliphatic carbocycles. The van der Waals surface area contributed by atoms with Gasteiger partial charge in [-0.25, -0.2) is 4.79 Å². The number of carbonyl (C=O) groups excluding carboxylic acids is 1. The maximum atomic E-state index is 10.9. The summed E-state index contributed by atoms with van der Waals surface area (Å²) >= 11 is 0. The summed E-state index contributed by atoms with van der Waals surface area (Å²) in [4.78, 5) is 10.9. The summed E-state index contributed by atoms with van der Waals surface area (Å²) in [6.45, 7) is 6.20. The highest BCUT2D eigenvalue weighted by atomic mass is 16.5. The number of hydrogen-bond acceptors (Lipinski definition) is 2. The first-order valence-corrected chi connectivity index (χ1v) is 5.74. The lowest BCUT2D eigenvalue weighted by Gasteiger charge is -2.13. The Morgan fingerprint density at radius 1 is 1.12 bits per heavy atom. The quantitative estimate of drug-likeness (QED) is 0.850. The third-order valence-electron chi connectivity index (χ3n) is 2.68. The van der Waals surface area contributed by atoms with Crippen molar-refractivity contribution in [2.24, 2.45) is 5.73 Å². The second-order valence-corrected chi connectivity index (χ2v) is 3.72. The van der Waals surface area contributed by atoms with Crippen LogP contribution in [0, 0.1) is 0 Å². The molecule has 0 aliphatic rings. The van der Waals surface area contributed by atoms with Crippen molar-refractivity contribution in [3.63, 3.8) is 0 Å². The van der Waals surface area contributed by atoms with E-state index >= 15 is 0 Å². The van der Waals surface area contributed by atoms with Gasteiger partial charge in [0.2, 0.25) is 0 Å². The number of primary amides is 1. The van der Waals surface area contributed by atoms with Crippen LogP contribution in [0.4, 0.5) is 4.79 Å². The van der Waals surface area contributed by atoms with Crippen LogP contribution in [0.1, 0.15) is 37.5 Å².